The molecule has 1 saturated heterocycles. The van der Waals surface area contributed by atoms with Crippen LogP contribution >= 0.6 is 15.9 Å². The van der Waals surface area contributed by atoms with Crippen LogP contribution in [-0.4, -0.2) is 29.1 Å². The smallest absolute Gasteiger partial charge is 0.0703 e. The van der Waals surface area contributed by atoms with Crippen molar-refractivity contribution in [3.05, 3.63) is 63.4 Å². The molecule has 1 unspecified atom stereocenters. The Morgan fingerprint density at radius 3 is 2.67 bits per heavy atom. The first-order chi connectivity index (χ1) is 12.8. The van der Waals surface area contributed by atoms with E-state index in [1.807, 2.05) is 0 Å². The van der Waals surface area contributed by atoms with Crippen LogP contribution in [0.2, 0.25) is 0 Å². The van der Waals surface area contributed by atoms with Gasteiger partial charge in [-0.3, -0.25) is 9.88 Å². The summed E-state index contributed by atoms with van der Waals surface area (Å²) in [5, 5.41) is 0. The van der Waals surface area contributed by atoms with Gasteiger partial charge in [0.15, 0.2) is 0 Å². The molecule has 1 aliphatic heterocycles. The van der Waals surface area contributed by atoms with Crippen molar-refractivity contribution in [1.82, 2.24) is 9.88 Å². The zero-order valence-electron chi connectivity index (χ0n) is 17.0. The molecule has 0 radical (unpaired) electrons. The number of nitrogens with zero attached hydrogens (tertiary/aromatic N) is 2. The highest BCUT2D eigenvalue weighted by Crippen LogP contribution is 2.24. The summed E-state index contributed by atoms with van der Waals surface area (Å²) >= 11 is 3.74. The number of benzene rings is 1. The molecule has 2 aromatic rings. The third-order valence-electron chi connectivity index (χ3n) is 5.05. The minimum absolute atomic E-state index is 0.0649. The van der Waals surface area contributed by atoms with Crippen molar-refractivity contribution in [2.24, 2.45) is 0 Å². The van der Waals surface area contributed by atoms with Crippen LogP contribution < -0.4 is 0 Å². The number of aryl methyl sites for hydroxylation is 1. The Balaban J connectivity index is 1.79. The Morgan fingerprint density at radius 2 is 2.00 bits per heavy atom. The van der Waals surface area contributed by atoms with Crippen LogP contribution in [0.1, 0.15) is 56.1 Å². The quantitative estimate of drug-likeness (QED) is 0.593. The molecule has 3 nitrogen and oxygen atoms in total. The molecular weight excluding hydrogens is 400 g/mol. The lowest BCUT2D eigenvalue weighted by atomic mass is 9.91. The van der Waals surface area contributed by atoms with Gasteiger partial charge in [0.25, 0.3) is 0 Å². The van der Waals surface area contributed by atoms with Crippen molar-refractivity contribution < 1.29 is 4.74 Å². The average molecular weight is 431 g/mol. The van der Waals surface area contributed by atoms with Crippen LogP contribution in [0.15, 0.2) is 40.9 Å². The van der Waals surface area contributed by atoms with Crippen LogP contribution in [0.25, 0.3) is 0 Å². The number of rotatable bonds is 6. The monoisotopic (exact) mass is 430 g/mol. The molecule has 1 aromatic heterocycles. The maximum absolute atomic E-state index is 5.91. The zero-order chi connectivity index (χ0) is 19.4. The maximum Gasteiger partial charge on any atom is 0.0703 e. The summed E-state index contributed by atoms with van der Waals surface area (Å²) in [6, 6.07) is 13.0. The van der Waals surface area contributed by atoms with Crippen molar-refractivity contribution in [3.63, 3.8) is 0 Å². The molecule has 1 atom stereocenters. The van der Waals surface area contributed by atoms with Crippen LogP contribution in [0.4, 0.5) is 0 Å². The molecular formula is C23H31BrN2O. The molecule has 1 aromatic carbocycles. The normalized spacial score (nSPS) is 17.6. The van der Waals surface area contributed by atoms with Gasteiger partial charge in [-0.1, -0.05) is 54.9 Å². The van der Waals surface area contributed by atoms with E-state index in [-0.39, 0.29) is 5.41 Å². The summed E-state index contributed by atoms with van der Waals surface area (Å²) in [4.78, 5) is 7.41. The largest absolute Gasteiger partial charge is 0.377 e. The van der Waals surface area contributed by atoms with Crippen molar-refractivity contribution in [2.75, 3.05) is 13.2 Å². The van der Waals surface area contributed by atoms with Gasteiger partial charge < -0.3 is 4.74 Å². The van der Waals surface area contributed by atoms with Gasteiger partial charge in [0.05, 0.1) is 11.8 Å². The first-order valence-corrected chi connectivity index (χ1v) is 10.7. The van der Waals surface area contributed by atoms with E-state index in [2.05, 4.69) is 84.9 Å². The second-order valence-corrected chi connectivity index (χ2v) is 9.52. The van der Waals surface area contributed by atoms with Gasteiger partial charge in [-0.05, 0) is 49.1 Å². The second kappa shape index (κ2) is 8.85. The third-order valence-corrected chi connectivity index (χ3v) is 5.79. The summed E-state index contributed by atoms with van der Waals surface area (Å²) in [6.07, 6.45) is 2.66. The lowest BCUT2D eigenvalue weighted by Crippen LogP contribution is -2.32. The molecule has 2 heterocycles. The molecule has 0 aliphatic carbocycles. The molecule has 1 fully saturated rings. The Bertz CT molecular complexity index is 763. The van der Waals surface area contributed by atoms with E-state index in [1.165, 1.54) is 22.0 Å². The Morgan fingerprint density at radius 1 is 1.19 bits per heavy atom. The minimum Gasteiger partial charge on any atom is -0.377 e. The Kier molecular flexibility index (Phi) is 6.72. The van der Waals surface area contributed by atoms with Gasteiger partial charge in [0.1, 0.15) is 0 Å². The fraction of sp³-hybridized carbons (Fsp3) is 0.522. The molecule has 146 valence electrons. The first kappa shape index (κ1) is 20.5. The van der Waals surface area contributed by atoms with Gasteiger partial charge in [0, 0.05) is 41.8 Å². The topological polar surface area (TPSA) is 25.4 Å². The van der Waals surface area contributed by atoms with Gasteiger partial charge in [-0.25, -0.2) is 0 Å². The molecule has 4 heteroatoms. The molecule has 1 aliphatic rings. The summed E-state index contributed by atoms with van der Waals surface area (Å²) in [6.45, 7) is 12.3. The van der Waals surface area contributed by atoms with Crippen molar-refractivity contribution in [3.8, 4) is 0 Å². The number of hydrogen-bond acceptors (Lipinski definition) is 3. The lowest BCUT2D eigenvalue weighted by molar-refractivity contribution is 0.0673. The van der Waals surface area contributed by atoms with Crippen molar-refractivity contribution in [1.29, 1.82) is 0 Å². The summed E-state index contributed by atoms with van der Waals surface area (Å²) < 4.78 is 7.09. The average Bonchev–Trinajstić information content (AvgIpc) is 3.10. The molecule has 0 bridgehead atoms. The van der Waals surface area contributed by atoms with Gasteiger partial charge in [-0.2, -0.15) is 0 Å². The van der Waals surface area contributed by atoms with Gasteiger partial charge in [0.2, 0.25) is 0 Å². The van der Waals surface area contributed by atoms with Crippen LogP contribution in [0.5, 0.6) is 0 Å². The van der Waals surface area contributed by atoms with Crippen LogP contribution in [-0.2, 0) is 23.2 Å². The van der Waals surface area contributed by atoms with E-state index in [0.717, 1.165) is 44.0 Å². The molecule has 0 saturated carbocycles. The number of hydrogen-bond donors (Lipinski definition) is 0. The summed E-state index contributed by atoms with van der Waals surface area (Å²) in [5.41, 5.74) is 4.92. The third kappa shape index (κ3) is 5.87. The van der Waals surface area contributed by atoms with Gasteiger partial charge in [-0.15, -0.1) is 0 Å². The molecule has 0 N–H and O–H groups in total. The van der Waals surface area contributed by atoms with Crippen LogP contribution in [0, 0.1) is 6.92 Å². The first-order valence-electron chi connectivity index (χ1n) is 9.86. The van der Waals surface area contributed by atoms with Crippen molar-refractivity contribution in [2.45, 2.75) is 65.1 Å². The molecule has 3 rings (SSSR count). The van der Waals surface area contributed by atoms with E-state index >= 15 is 0 Å². The molecule has 27 heavy (non-hydrogen) atoms. The van der Waals surface area contributed by atoms with E-state index in [9.17, 15) is 0 Å². The zero-order valence-corrected chi connectivity index (χ0v) is 18.6. The number of halogens is 1. The highest BCUT2D eigenvalue weighted by Gasteiger charge is 2.21. The fourth-order valence-electron chi connectivity index (χ4n) is 3.50. The van der Waals surface area contributed by atoms with Crippen molar-refractivity contribution >= 4 is 15.9 Å². The highest BCUT2D eigenvalue weighted by molar-refractivity contribution is 9.10. The fourth-order valence-corrected chi connectivity index (χ4v) is 4.12. The molecule has 0 amide bonds. The number of pyridine rings is 1. The van der Waals surface area contributed by atoms with Gasteiger partial charge >= 0.3 is 0 Å². The van der Waals surface area contributed by atoms with Crippen LogP contribution in [0.3, 0.4) is 0 Å². The SMILES string of the molecule is Cc1ccc(CN(Cc2cccc(C(C)(C)C)n2)CC2CCCO2)c(Br)c1. The predicted octanol–water partition coefficient (Wildman–Crippen LogP) is 5.63. The summed E-state index contributed by atoms with van der Waals surface area (Å²) in [7, 11) is 0. The summed E-state index contributed by atoms with van der Waals surface area (Å²) in [5.74, 6) is 0. The number of aromatic nitrogens is 1. The minimum atomic E-state index is 0.0649. The Labute approximate surface area is 172 Å². The lowest BCUT2D eigenvalue weighted by Gasteiger charge is -2.26. The molecule has 0 spiro atoms. The second-order valence-electron chi connectivity index (χ2n) is 8.66. The highest BCUT2D eigenvalue weighted by atomic mass is 79.9. The standard InChI is InChI=1S/C23H31BrN2O/c1-17-10-11-18(21(24)13-17)14-26(16-20-8-6-12-27-20)15-19-7-5-9-22(25-19)23(2,3)4/h5,7,9-11,13,20H,6,8,12,14-16H2,1-4H3. The predicted molar refractivity (Wildman–Crippen MR) is 115 cm³/mol. The number of ether oxygens (including phenoxy) is 1. The Hall–Kier alpha value is -1.23. The van der Waals surface area contributed by atoms with E-state index in [1.54, 1.807) is 0 Å². The van der Waals surface area contributed by atoms with E-state index in [4.69, 9.17) is 9.72 Å². The van der Waals surface area contributed by atoms with E-state index < -0.39 is 0 Å². The van der Waals surface area contributed by atoms with E-state index in [0.29, 0.717) is 6.10 Å². The maximum atomic E-state index is 5.91.